The first kappa shape index (κ1) is 17.7. The molecule has 2 heterocycles. The molecule has 0 N–H and O–H groups in total. The van der Waals surface area contributed by atoms with E-state index in [0.717, 1.165) is 12.0 Å². The molecule has 0 aliphatic carbocycles. The molecule has 2 aliphatic heterocycles. The minimum atomic E-state index is -0.489. The molecular formula is C19H22N2O3S. The van der Waals surface area contributed by atoms with Gasteiger partial charge in [0, 0.05) is 0 Å². The Balaban J connectivity index is 2.11. The first-order chi connectivity index (χ1) is 11.9. The van der Waals surface area contributed by atoms with Crippen LogP contribution in [0.15, 0.2) is 46.6 Å². The molecule has 0 unspecified atom stereocenters. The molecule has 1 fully saturated rings. The summed E-state index contributed by atoms with van der Waals surface area (Å²) in [5.41, 5.74) is 1.94. The van der Waals surface area contributed by atoms with Crippen LogP contribution in [0.25, 0.3) is 0 Å². The average molecular weight is 358 g/mol. The average Bonchev–Trinajstić information content (AvgIpc) is 2.89. The molecule has 1 aromatic rings. The van der Waals surface area contributed by atoms with Crippen molar-refractivity contribution in [2.75, 3.05) is 0 Å². The number of fused-ring (bicyclic) bond motifs is 1. The largest absolute Gasteiger partial charge is 0.459 e. The highest BCUT2D eigenvalue weighted by Gasteiger charge is 2.47. The standard InChI is InChI=1S/C19H22N2O3S/c1-5-14-17(22)21-16(13-9-7-6-8-10-13)15(18(23)24-11(2)3)12(4)20-19(21)25-14/h6-11,14,16H,5H2,1-4H3/t14-,16-/m0/s1. The minimum Gasteiger partial charge on any atom is -0.459 e. The Bertz CT molecular complexity index is 755. The van der Waals surface area contributed by atoms with Crippen molar-refractivity contribution in [1.29, 1.82) is 0 Å². The normalized spacial score (nSPS) is 23.0. The van der Waals surface area contributed by atoms with Gasteiger partial charge in [0.2, 0.25) is 5.91 Å². The molecule has 0 radical (unpaired) electrons. The quantitative estimate of drug-likeness (QED) is 0.771. The Morgan fingerprint density at radius 1 is 1.32 bits per heavy atom. The highest BCUT2D eigenvalue weighted by atomic mass is 32.2. The van der Waals surface area contributed by atoms with E-state index in [0.29, 0.717) is 16.4 Å². The van der Waals surface area contributed by atoms with Crippen molar-refractivity contribution in [3.63, 3.8) is 0 Å². The predicted molar refractivity (Wildman–Crippen MR) is 99.1 cm³/mol. The van der Waals surface area contributed by atoms with E-state index in [1.54, 1.807) is 4.90 Å². The van der Waals surface area contributed by atoms with E-state index in [2.05, 4.69) is 4.99 Å². The summed E-state index contributed by atoms with van der Waals surface area (Å²) < 4.78 is 5.44. The lowest BCUT2D eigenvalue weighted by atomic mass is 9.94. The molecule has 5 nitrogen and oxygen atoms in total. The fourth-order valence-corrected chi connectivity index (χ4v) is 4.21. The second kappa shape index (κ2) is 7.04. The molecule has 132 valence electrons. The van der Waals surface area contributed by atoms with E-state index >= 15 is 0 Å². The molecule has 2 aliphatic rings. The number of aliphatic imine (C=N–C) groups is 1. The van der Waals surface area contributed by atoms with E-state index in [1.807, 2.05) is 58.0 Å². The summed E-state index contributed by atoms with van der Waals surface area (Å²) in [5, 5.41) is 0.516. The first-order valence-corrected chi connectivity index (χ1v) is 9.37. The molecule has 2 atom stereocenters. The molecular weight excluding hydrogens is 336 g/mol. The Labute approximate surface area is 152 Å². The van der Waals surface area contributed by atoms with Gasteiger partial charge in [-0.1, -0.05) is 49.0 Å². The zero-order chi connectivity index (χ0) is 18.1. The number of hydrogen-bond donors (Lipinski definition) is 0. The number of carbonyl (C=O) groups excluding carboxylic acids is 2. The van der Waals surface area contributed by atoms with Crippen molar-refractivity contribution in [3.05, 3.63) is 47.2 Å². The van der Waals surface area contributed by atoms with Crippen molar-refractivity contribution in [1.82, 2.24) is 4.90 Å². The summed E-state index contributed by atoms with van der Waals surface area (Å²) >= 11 is 1.47. The summed E-state index contributed by atoms with van der Waals surface area (Å²) in [6.07, 6.45) is 0.493. The van der Waals surface area contributed by atoms with Crippen molar-refractivity contribution < 1.29 is 14.3 Å². The molecule has 25 heavy (non-hydrogen) atoms. The SMILES string of the molecule is CC[C@@H]1SC2=NC(C)=C(C(=O)OC(C)C)[C@H](c3ccccc3)N2C1=O. The van der Waals surface area contributed by atoms with Crippen LogP contribution in [-0.4, -0.2) is 33.3 Å². The molecule has 0 saturated carbocycles. The summed E-state index contributed by atoms with van der Waals surface area (Å²) in [6, 6.07) is 9.11. The summed E-state index contributed by atoms with van der Waals surface area (Å²) in [6.45, 7) is 7.42. The Morgan fingerprint density at radius 2 is 2.00 bits per heavy atom. The second-order valence-corrected chi connectivity index (χ2v) is 7.55. The summed E-state index contributed by atoms with van der Waals surface area (Å²) in [4.78, 5) is 31.9. The number of nitrogens with zero attached hydrogens (tertiary/aromatic N) is 2. The van der Waals surface area contributed by atoms with Gasteiger partial charge < -0.3 is 4.74 Å². The van der Waals surface area contributed by atoms with Crippen LogP contribution >= 0.6 is 11.8 Å². The molecule has 1 aromatic carbocycles. The van der Waals surface area contributed by atoms with Crippen LogP contribution in [-0.2, 0) is 14.3 Å². The number of esters is 1. The fourth-order valence-electron chi connectivity index (χ4n) is 3.08. The third kappa shape index (κ3) is 3.23. The number of benzene rings is 1. The van der Waals surface area contributed by atoms with Crippen LogP contribution in [0.1, 0.15) is 45.7 Å². The monoisotopic (exact) mass is 358 g/mol. The number of thioether (sulfide) groups is 1. The lowest BCUT2D eigenvalue weighted by molar-refractivity contribution is -0.143. The zero-order valence-electron chi connectivity index (χ0n) is 14.9. The van der Waals surface area contributed by atoms with Crippen LogP contribution in [0.4, 0.5) is 0 Å². The maximum atomic E-state index is 12.9. The molecule has 0 aromatic heterocycles. The molecule has 1 saturated heterocycles. The van der Waals surface area contributed by atoms with Gasteiger partial charge in [0.1, 0.15) is 0 Å². The predicted octanol–water partition coefficient (Wildman–Crippen LogP) is 3.68. The van der Waals surface area contributed by atoms with Gasteiger partial charge in [-0.2, -0.15) is 0 Å². The number of allylic oxidation sites excluding steroid dienone is 1. The molecule has 0 bridgehead atoms. The van der Waals surface area contributed by atoms with Crippen LogP contribution < -0.4 is 0 Å². The second-order valence-electron chi connectivity index (χ2n) is 6.38. The van der Waals surface area contributed by atoms with Gasteiger partial charge in [-0.3, -0.25) is 9.69 Å². The van der Waals surface area contributed by atoms with E-state index in [-0.39, 0.29) is 17.3 Å². The van der Waals surface area contributed by atoms with Gasteiger partial charge in [0.25, 0.3) is 0 Å². The summed E-state index contributed by atoms with van der Waals surface area (Å²) in [5.74, 6) is -0.413. The number of hydrogen-bond acceptors (Lipinski definition) is 5. The van der Waals surface area contributed by atoms with Gasteiger partial charge in [-0.25, -0.2) is 9.79 Å². The Morgan fingerprint density at radius 3 is 2.60 bits per heavy atom. The van der Waals surface area contributed by atoms with Gasteiger partial charge >= 0.3 is 5.97 Å². The van der Waals surface area contributed by atoms with Gasteiger partial charge in [0.15, 0.2) is 5.17 Å². The number of rotatable bonds is 4. The number of carbonyl (C=O) groups is 2. The number of ether oxygens (including phenoxy) is 1. The lowest BCUT2D eigenvalue weighted by Gasteiger charge is -2.33. The third-order valence-corrected chi connectivity index (χ3v) is 5.52. The van der Waals surface area contributed by atoms with E-state index in [4.69, 9.17) is 4.74 Å². The Kier molecular flexibility index (Phi) is 4.99. The molecule has 6 heteroatoms. The van der Waals surface area contributed by atoms with Gasteiger partial charge in [-0.15, -0.1) is 0 Å². The van der Waals surface area contributed by atoms with Crippen LogP contribution in [0.5, 0.6) is 0 Å². The lowest BCUT2D eigenvalue weighted by Crippen LogP contribution is -2.41. The van der Waals surface area contributed by atoms with Crippen molar-refractivity contribution in [2.24, 2.45) is 4.99 Å². The first-order valence-electron chi connectivity index (χ1n) is 8.49. The highest BCUT2D eigenvalue weighted by Crippen LogP contribution is 2.43. The van der Waals surface area contributed by atoms with E-state index < -0.39 is 12.0 Å². The zero-order valence-corrected chi connectivity index (χ0v) is 15.7. The fraction of sp³-hybridized carbons (Fsp3) is 0.421. The maximum Gasteiger partial charge on any atom is 0.338 e. The molecule has 0 spiro atoms. The topological polar surface area (TPSA) is 59.0 Å². The highest BCUT2D eigenvalue weighted by molar-refractivity contribution is 8.15. The number of amides is 1. The maximum absolute atomic E-state index is 12.9. The van der Waals surface area contributed by atoms with Gasteiger partial charge in [-0.05, 0) is 32.8 Å². The molecule has 3 rings (SSSR count). The third-order valence-electron chi connectivity index (χ3n) is 4.20. The van der Waals surface area contributed by atoms with Crippen LogP contribution in [0, 0.1) is 0 Å². The number of amidine groups is 1. The summed E-state index contributed by atoms with van der Waals surface area (Å²) in [7, 11) is 0. The van der Waals surface area contributed by atoms with E-state index in [9.17, 15) is 9.59 Å². The Hall–Kier alpha value is -2.08. The van der Waals surface area contributed by atoms with Crippen LogP contribution in [0.2, 0.25) is 0 Å². The van der Waals surface area contributed by atoms with E-state index in [1.165, 1.54) is 11.8 Å². The minimum absolute atomic E-state index is 0.00227. The van der Waals surface area contributed by atoms with Crippen molar-refractivity contribution >= 4 is 28.8 Å². The smallest absolute Gasteiger partial charge is 0.338 e. The molecule has 1 amide bonds. The van der Waals surface area contributed by atoms with Crippen LogP contribution in [0.3, 0.4) is 0 Å². The van der Waals surface area contributed by atoms with Gasteiger partial charge in [0.05, 0.1) is 28.7 Å². The van der Waals surface area contributed by atoms with Crippen molar-refractivity contribution in [3.8, 4) is 0 Å². The van der Waals surface area contributed by atoms with Crippen molar-refractivity contribution in [2.45, 2.75) is 51.5 Å².